The first kappa shape index (κ1) is 18.6. The number of carbonyl (C=O) groups excluding carboxylic acids is 1. The number of ether oxygens (including phenoxy) is 1. The average Bonchev–Trinajstić information content (AvgIpc) is 3.15. The Morgan fingerprint density at radius 2 is 2.07 bits per heavy atom. The summed E-state index contributed by atoms with van der Waals surface area (Å²) < 4.78 is 33.1. The minimum Gasteiger partial charge on any atom is -0.477 e. The van der Waals surface area contributed by atoms with Gasteiger partial charge in [-0.3, -0.25) is 9.78 Å². The van der Waals surface area contributed by atoms with Gasteiger partial charge in [0.25, 0.3) is 0 Å². The zero-order valence-electron chi connectivity index (χ0n) is 15.9. The highest BCUT2D eigenvalue weighted by atomic mass is 19.1. The van der Waals surface area contributed by atoms with Gasteiger partial charge < -0.3 is 4.74 Å². The van der Waals surface area contributed by atoms with Crippen LogP contribution in [0.25, 0.3) is 0 Å². The molecule has 3 heterocycles. The summed E-state index contributed by atoms with van der Waals surface area (Å²) in [5.41, 5.74) is -0.0782. The lowest BCUT2D eigenvalue weighted by Crippen LogP contribution is -2.69. The molecule has 0 spiro atoms. The summed E-state index contributed by atoms with van der Waals surface area (Å²) in [6, 6.07) is 5.42. The van der Waals surface area contributed by atoms with E-state index in [0.29, 0.717) is 43.7 Å². The van der Waals surface area contributed by atoms with E-state index in [-0.39, 0.29) is 17.0 Å². The highest BCUT2D eigenvalue weighted by Gasteiger charge is 2.73. The van der Waals surface area contributed by atoms with Gasteiger partial charge in [0.05, 0.1) is 23.8 Å². The quantitative estimate of drug-likeness (QED) is 0.757. The maximum Gasteiger partial charge on any atom is 0.249 e. The molecule has 0 saturated heterocycles. The topological polar surface area (TPSA) is 91.5 Å². The fraction of sp³-hybridized carbons (Fsp3) is 0.381. The SMILES string of the molecule is N#Cc1ccc(OCC23CC(C(=O)N4N=CCC4c4ncc(F)cc4F)(C2)C3)nc1. The maximum absolute atomic E-state index is 14.2. The van der Waals surface area contributed by atoms with Crippen LogP contribution in [0, 0.1) is 33.8 Å². The van der Waals surface area contributed by atoms with E-state index in [1.54, 1.807) is 18.3 Å². The molecule has 3 saturated carbocycles. The van der Waals surface area contributed by atoms with Crippen LogP contribution < -0.4 is 4.74 Å². The molecular formula is C21H17F2N5O2. The van der Waals surface area contributed by atoms with Crippen LogP contribution in [0.15, 0.2) is 35.7 Å². The van der Waals surface area contributed by atoms with E-state index < -0.39 is 23.1 Å². The first-order valence-corrected chi connectivity index (χ1v) is 9.60. The van der Waals surface area contributed by atoms with Crippen LogP contribution in [0.2, 0.25) is 0 Å². The van der Waals surface area contributed by atoms with Gasteiger partial charge in [-0.2, -0.15) is 10.4 Å². The number of pyridine rings is 2. The second-order valence-corrected chi connectivity index (χ2v) is 8.32. The fourth-order valence-electron chi connectivity index (χ4n) is 4.89. The van der Waals surface area contributed by atoms with Gasteiger partial charge in [-0.15, -0.1) is 0 Å². The number of nitrogens with zero attached hydrogens (tertiary/aromatic N) is 5. The number of aromatic nitrogens is 2. The highest BCUT2D eigenvalue weighted by molar-refractivity contribution is 5.88. The highest BCUT2D eigenvalue weighted by Crippen LogP contribution is 2.74. The van der Waals surface area contributed by atoms with E-state index in [9.17, 15) is 13.6 Å². The molecule has 0 aromatic carbocycles. The summed E-state index contributed by atoms with van der Waals surface area (Å²) in [5, 5.41) is 14.3. The van der Waals surface area contributed by atoms with Crippen molar-refractivity contribution in [1.29, 1.82) is 5.26 Å². The second-order valence-electron chi connectivity index (χ2n) is 8.32. The van der Waals surface area contributed by atoms with Crippen molar-refractivity contribution in [3.8, 4) is 11.9 Å². The van der Waals surface area contributed by atoms with Crippen molar-refractivity contribution >= 4 is 12.1 Å². The molecule has 0 N–H and O–H groups in total. The first-order chi connectivity index (χ1) is 14.4. The zero-order valence-corrected chi connectivity index (χ0v) is 15.9. The van der Waals surface area contributed by atoms with Crippen LogP contribution in [-0.2, 0) is 4.79 Å². The molecule has 152 valence electrons. The Kier molecular flexibility index (Phi) is 4.07. The fourth-order valence-corrected chi connectivity index (χ4v) is 4.89. The Labute approximate surface area is 171 Å². The molecule has 1 amide bonds. The number of nitriles is 1. The molecule has 2 bridgehead atoms. The molecule has 4 aliphatic rings. The third-order valence-electron chi connectivity index (χ3n) is 6.18. The minimum atomic E-state index is -0.777. The number of amides is 1. The van der Waals surface area contributed by atoms with Crippen molar-refractivity contribution in [1.82, 2.24) is 15.0 Å². The lowest BCUT2D eigenvalue weighted by Gasteiger charge is -2.69. The zero-order chi connectivity index (χ0) is 20.9. The van der Waals surface area contributed by atoms with Crippen molar-refractivity contribution in [3.63, 3.8) is 0 Å². The molecule has 1 aliphatic heterocycles. The Balaban J connectivity index is 1.22. The normalized spacial score (nSPS) is 28.4. The second kappa shape index (κ2) is 6.55. The molecule has 7 nitrogen and oxygen atoms in total. The number of hydrazone groups is 1. The van der Waals surface area contributed by atoms with E-state index in [0.717, 1.165) is 12.3 Å². The number of carbonyl (C=O) groups is 1. The Morgan fingerprint density at radius 1 is 1.27 bits per heavy atom. The van der Waals surface area contributed by atoms with Gasteiger partial charge in [-0.25, -0.2) is 18.8 Å². The number of halogens is 2. The van der Waals surface area contributed by atoms with E-state index in [1.807, 2.05) is 6.07 Å². The summed E-state index contributed by atoms with van der Waals surface area (Å²) in [7, 11) is 0. The maximum atomic E-state index is 14.2. The minimum absolute atomic E-state index is 0.0267. The Hall–Kier alpha value is -3.41. The lowest BCUT2D eigenvalue weighted by atomic mass is 9.35. The molecule has 2 aromatic rings. The van der Waals surface area contributed by atoms with Crippen LogP contribution in [0.1, 0.15) is 43.0 Å². The van der Waals surface area contributed by atoms with Gasteiger partial charge in [-0.05, 0) is 25.3 Å². The van der Waals surface area contributed by atoms with Crippen LogP contribution in [-0.4, -0.2) is 33.7 Å². The summed E-state index contributed by atoms with van der Waals surface area (Å²) >= 11 is 0. The van der Waals surface area contributed by atoms with Gasteiger partial charge in [0.1, 0.15) is 29.4 Å². The summed E-state index contributed by atoms with van der Waals surface area (Å²) in [6.45, 7) is 0.446. The largest absolute Gasteiger partial charge is 0.477 e. The van der Waals surface area contributed by atoms with Gasteiger partial charge >= 0.3 is 0 Å². The van der Waals surface area contributed by atoms with E-state index in [1.165, 1.54) is 11.2 Å². The van der Waals surface area contributed by atoms with Crippen LogP contribution >= 0.6 is 0 Å². The van der Waals surface area contributed by atoms with E-state index in [4.69, 9.17) is 10.00 Å². The van der Waals surface area contributed by atoms with Gasteiger partial charge in [-0.1, -0.05) is 0 Å². The molecular weight excluding hydrogens is 392 g/mol. The van der Waals surface area contributed by atoms with E-state index >= 15 is 0 Å². The van der Waals surface area contributed by atoms with Crippen molar-refractivity contribution in [2.75, 3.05) is 6.61 Å². The summed E-state index contributed by atoms with van der Waals surface area (Å²) in [4.78, 5) is 21.1. The van der Waals surface area contributed by atoms with Crippen LogP contribution in [0.3, 0.4) is 0 Å². The van der Waals surface area contributed by atoms with Crippen LogP contribution in [0.5, 0.6) is 5.88 Å². The monoisotopic (exact) mass is 409 g/mol. The van der Waals surface area contributed by atoms with Gasteiger partial charge in [0, 0.05) is 36.4 Å². The Morgan fingerprint density at radius 3 is 2.73 bits per heavy atom. The van der Waals surface area contributed by atoms with E-state index in [2.05, 4.69) is 15.1 Å². The van der Waals surface area contributed by atoms with Crippen molar-refractivity contribution in [2.24, 2.45) is 15.9 Å². The number of hydrogen-bond acceptors (Lipinski definition) is 6. The first-order valence-electron chi connectivity index (χ1n) is 9.60. The molecule has 1 unspecified atom stereocenters. The molecule has 6 rings (SSSR count). The third kappa shape index (κ3) is 2.83. The molecule has 9 heteroatoms. The third-order valence-corrected chi connectivity index (χ3v) is 6.18. The molecule has 1 atom stereocenters. The van der Waals surface area contributed by atoms with Crippen molar-refractivity contribution in [2.45, 2.75) is 31.7 Å². The van der Waals surface area contributed by atoms with Gasteiger partial charge in [0.15, 0.2) is 0 Å². The summed E-state index contributed by atoms with van der Waals surface area (Å²) in [5.74, 6) is -1.24. The van der Waals surface area contributed by atoms with Crippen molar-refractivity contribution in [3.05, 3.63) is 53.5 Å². The predicted octanol–water partition coefficient (Wildman–Crippen LogP) is 3.13. The van der Waals surface area contributed by atoms with Crippen molar-refractivity contribution < 1.29 is 18.3 Å². The lowest BCUT2D eigenvalue weighted by molar-refractivity contribution is -0.227. The average molecular weight is 409 g/mol. The molecule has 30 heavy (non-hydrogen) atoms. The molecule has 2 aromatic heterocycles. The smallest absolute Gasteiger partial charge is 0.249 e. The van der Waals surface area contributed by atoms with Gasteiger partial charge in [0.2, 0.25) is 11.8 Å². The Bertz CT molecular complexity index is 1080. The standard InChI is InChI=1S/C21H17F2N5O2/c22-14-5-15(23)18(26-8-14)16-3-4-27-28(16)19(29)21-9-20(10-21,11-21)12-30-17-2-1-13(6-24)7-25-17/h1-2,4-5,7-8,16H,3,9-12H2. The molecule has 3 fully saturated rings. The molecule has 0 radical (unpaired) electrons. The number of hydrogen-bond donors (Lipinski definition) is 0. The predicted molar refractivity (Wildman–Crippen MR) is 100 cm³/mol. The summed E-state index contributed by atoms with van der Waals surface area (Å²) in [6.07, 6.45) is 6.33. The molecule has 3 aliphatic carbocycles. The van der Waals surface area contributed by atoms with Crippen LogP contribution in [0.4, 0.5) is 8.78 Å². The number of rotatable bonds is 5.